The maximum atomic E-state index is 14.3. The molecule has 1 aliphatic rings. The van der Waals surface area contributed by atoms with Gasteiger partial charge in [0.25, 0.3) is 11.7 Å². The third-order valence-corrected chi connectivity index (χ3v) is 7.10. The first-order valence-corrected chi connectivity index (χ1v) is 13.0. The minimum atomic E-state index is -1.16. The molecule has 7 heteroatoms. The average Bonchev–Trinajstić information content (AvgIpc) is 3.19. The first-order chi connectivity index (χ1) is 19.0. The number of fused-ring (bicyclic) bond motifs is 1. The third-order valence-electron chi connectivity index (χ3n) is 7.10. The molecule has 40 heavy (non-hydrogen) atoms. The molecule has 1 heterocycles. The molecule has 204 valence electrons. The van der Waals surface area contributed by atoms with Crippen LogP contribution in [-0.4, -0.2) is 23.4 Å². The summed E-state index contributed by atoms with van der Waals surface area (Å²) in [6, 6.07) is 20.0. The van der Waals surface area contributed by atoms with Crippen molar-refractivity contribution in [3.8, 4) is 5.75 Å². The van der Waals surface area contributed by atoms with Crippen molar-refractivity contribution in [2.45, 2.75) is 39.2 Å². The number of rotatable bonds is 5. The van der Waals surface area contributed by atoms with Crippen molar-refractivity contribution in [3.63, 3.8) is 0 Å². The van der Waals surface area contributed by atoms with Crippen molar-refractivity contribution in [1.29, 1.82) is 0 Å². The summed E-state index contributed by atoms with van der Waals surface area (Å²) in [5.74, 6) is -3.82. The fourth-order valence-corrected chi connectivity index (χ4v) is 5.22. The minimum Gasteiger partial charge on any atom is -0.507 e. The maximum Gasteiger partial charge on any atom is 0.300 e. The van der Waals surface area contributed by atoms with Crippen molar-refractivity contribution >= 4 is 33.9 Å². The molecule has 1 unspecified atom stereocenters. The zero-order chi connectivity index (χ0) is 28.8. The van der Waals surface area contributed by atoms with E-state index in [0.717, 1.165) is 33.4 Å². The predicted molar refractivity (Wildman–Crippen MR) is 151 cm³/mol. The summed E-state index contributed by atoms with van der Waals surface area (Å²) in [5.41, 5.74) is 1.21. The fraction of sp³-hybridized carbons (Fsp3) is 0.212. The number of aliphatic hydroxyl groups is 1. The van der Waals surface area contributed by atoms with Gasteiger partial charge in [0.2, 0.25) is 0 Å². The van der Waals surface area contributed by atoms with E-state index in [2.05, 4.69) is 0 Å². The molecule has 5 nitrogen and oxygen atoms in total. The van der Waals surface area contributed by atoms with Crippen molar-refractivity contribution in [2.24, 2.45) is 0 Å². The summed E-state index contributed by atoms with van der Waals surface area (Å²) in [4.78, 5) is 28.3. The van der Waals surface area contributed by atoms with E-state index in [-0.39, 0.29) is 22.4 Å². The van der Waals surface area contributed by atoms with E-state index in [9.17, 15) is 23.5 Å². The number of hydrogen-bond donors (Lipinski definition) is 1. The van der Waals surface area contributed by atoms with E-state index in [1.807, 2.05) is 58.0 Å². The highest BCUT2D eigenvalue weighted by molar-refractivity contribution is 6.51. The van der Waals surface area contributed by atoms with Crippen LogP contribution in [0.1, 0.15) is 50.4 Å². The number of anilines is 1. The number of nitrogens with zero attached hydrogens (tertiary/aromatic N) is 1. The van der Waals surface area contributed by atoms with Crippen LogP contribution in [0.15, 0.2) is 84.4 Å². The highest BCUT2D eigenvalue weighted by Gasteiger charge is 2.47. The van der Waals surface area contributed by atoms with E-state index in [1.165, 1.54) is 6.07 Å². The monoisotopic (exact) mass is 541 g/mol. The van der Waals surface area contributed by atoms with Gasteiger partial charge < -0.3 is 9.84 Å². The van der Waals surface area contributed by atoms with Gasteiger partial charge in [-0.25, -0.2) is 8.78 Å². The zero-order valence-corrected chi connectivity index (χ0v) is 22.7. The number of hydrogen-bond acceptors (Lipinski definition) is 4. The van der Waals surface area contributed by atoms with E-state index in [1.54, 1.807) is 30.3 Å². The molecule has 1 fully saturated rings. The lowest BCUT2D eigenvalue weighted by molar-refractivity contribution is -0.132. The van der Waals surface area contributed by atoms with Gasteiger partial charge in [-0.2, -0.15) is 0 Å². The number of aliphatic hydroxyl groups excluding tert-OH is 1. The second-order valence-corrected chi connectivity index (χ2v) is 10.7. The number of carbonyl (C=O) groups is 2. The van der Waals surface area contributed by atoms with Gasteiger partial charge >= 0.3 is 0 Å². The molecule has 1 N–H and O–H groups in total. The molecule has 5 rings (SSSR count). The smallest absolute Gasteiger partial charge is 0.300 e. The number of ketones is 1. The van der Waals surface area contributed by atoms with Crippen LogP contribution in [0.4, 0.5) is 14.5 Å². The number of ether oxygens (including phenoxy) is 1. The van der Waals surface area contributed by atoms with Crippen LogP contribution in [0.2, 0.25) is 0 Å². The van der Waals surface area contributed by atoms with Gasteiger partial charge in [0, 0.05) is 22.9 Å². The summed E-state index contributed by atoms with van der Waals surface area (Å²) in [6.07, 6.45) is 0. The highest BCUT2D eigenvalue weighted by Crippen LogP contribution is 2.45. The Morgan fingerprint density at radius 1 is 0.925 bits per heavy atom. The largest absolute Gasteiger partial charge is 0.507 e. The SMILES string of the molecule is CCOc1ccc(/C(O)=C2\C(=O)C(=O)N(c3ccc(F)c(F)c3)C2c2cccc3ccccc23)cc1C(C)(C)C. The van der Waals surface area contributed by atoms with E-state index in [0.29, 0.717) is 23.5 Å². The normalized spacial score (nSPS) is 17.1. The van der Waals surface area contributed by atoms with Gasteiger partial charge in [-0.15, -0.1) is 0 Å². The Labute approximate surface area is 231 Å². The lowest BCUT2D eigenvalue weighted by Gasteiger charge is -2.27. The highest BCUT2D eigenvalue weighted by atomic mass is 19.2. The number of benzene rings is 4. The molecule has 1 aliphatic heterocycles. The molecule has 1 amide bonds. The average molecular weight is 542 g/mol. The zero-order valence-electron chi connectivity index (χ0n) is 22.7. The summed E-state index contributed by atoms with van der Waals surface area (Å²) >= 11 is 0. The van der Waals surface area contributed by atoms with Crippen molar-refractivity contribution in [1.82, 2.24) is 0 Å². The molecular weight excluding hydrogens is 512 g/mol. The second-order valence-electron chi connectivity index (χ2n) is 10.7. The van der Waals surface area contributed by atoms with Gasteiger partial charge in [0.15, 0.2) is 11.6 Å². The van der Waals surface area contributed by atoms with Crippen molar-refractivity contribution in [2.75, 3.05) is 11.5 Å². The number of amides is 1. The molecule has 0 aromatic heterocycles. The Hall–Kier alpha value is -4.52. The Balaban J connectivity index is 1.79. The molecule has 0 aliphatic carbocycles. The molecule has 1 saturated heterocycles. The fourth-order valence-electron chi connectivity index (χ4n) is 5.22. The van der Waals surface area contributed by atoms with E-state index in [4.69, 9.17) is 4.74 Å². The molecule has 0 spiro atoms. The first kappa shape index (κ1) is 27.1. The third kappa shape index (κ3) is 4.62. The number of carbonyl (C=O) groups excluding carboxylic acids is 2. The number of Topliss-reactive ketones (excluding diaryl/α,β-unsaturated/α-hetero) is 1. The van der Waals surface area contributed by atoms with Gasteiger partial charge in [-0.05, 0) is 59.0 Å². The van der Waals surface area contributed by atoms with E-state index < -0.39 is 29.4 Å². The van der Waals surface area contributed by atoms with Crippen LogP contribution in [0.5, 0.6) is 5.75 Å². The van der Waals surface area contributed by atoms with Gasteiger partial charge in [-0.1, -0.05) is 63.2 Å². The van der Waals surface area contributed by atoms with Gasteiger partial charge in [0.05, 0.1) is 18.2 Å². The Morgan fingerprint density at radius 3 is 2.35 bits per heavy atom. The van der Waals surface area contributed by atoms with Crippen LogP contribution < -0.4 is 9.64 Å². The quantitative estimate of drug-likeness (QED) is 0.162. The second kappa shape index (κ2) is 10.2. The summed E-state index contributed by atoms with van der Waals surface area (Å²) < 4.78 is 34.0. The van der Waals surface area contributed by atoms with Crippen molar-refractivity contribution in [3.05, 3.63) is 113 Å². The summed E-state index contributed by atoms with van der Waals surface area (Å²) in [7, 11) is 0. The summed E-state index contributed by atoms with van der Waals surface area (Å²) in [5, 5.41) is 13.3. The maximum absolute atomic E-state index is 14.3. The molecule has 0 saturated carbocycles. The molecular formula is C33H29F2NO4. The lowest BCUT2D eigenvalue weighted by Crippen LogP contribution is -2.29. The van der Waals surface area contributed by atoms with Gasteiger partial charge in [-0.3, -0.25) is 14.5 Å². The molecule has 4 aromatic rings. The Bertz CT molecular complexity index is 1680. The summed E-state index contributed by atoms with van der Waals surface area (Å²) in [6.45, 7) is 8.35. The van der Waals surface area contributed by atoms with Crippen LogP contribution in [0, 0.1) is 11.6 Å². The standard InChI is InChI=1S/C33H29F2NO4/c1-5-40-27-16-13-20(17-24(27)33(2,3)4)30(37)28-29(23-12-8-10-19-9-6-7-11-22(19)23)36(32(39)31(28)38)21-14-15-25(34)26(35)18-21/h6-18,29,37H,5H2,1-4H3/b30-28+. The topological polar surface area (TPSA) is 66.8 Å². The molecule has 0 radical (unpaired) electrons. The molecule has 0 bridgehead atoms. The van der Waals surface area contributed by atoms with Crippen LogP contribution in [0.3, 0.4) is 0 Å². The van der Waals surface area contributed by atoms with Crippen molar-refractivity contribution < 1.29 is 28.2 Å². The van der Waals surface area contributed by atoms with E-state index >= 15 is 0 Å². The van der Waals surface area contributed by atoms with Crippen LogP contribution in [0.25, 0.3) is 16.5 Å². The predicted octanol–water partition coefficient (Wildman–Crippen LogP) is 7.44. The van der Waals surface area contributed by atoms with Crippen LogP contribution >= 0.6 is 0 Å². The molecule has 4 aromatic carbocycles. The first-order valence-electron chi connectivity index (χ1n) is 13.0. The minimum absolute atomic E-state index is 0.0000541. The Kier molecular flexibility index (Phi) is 6.92. The lowest BCUT2D eigenvalue weighted by atomic mass is 9.84. The van der Waals surface area contributed by atoms with Gasteiger partial charge in [0.1, 0.15) is 11.5 Å². The molecule has 1 atom stereocenters. The Morgan fingerprint density at radius 2 is 1.65 bits per heavy atom. The number of halogens is 2. The van der Waals surface area contributed by atoms with Crippen LogP contribution in [-0.2, 0) is 15.0 Å².